The predicted molar refractivity (Wildman–Crippen MR) is 64.3 cm³/mol. The van der Waals surface area contributed by atoms with Crippen molar-refractivity contribution in [1.29, 1.82) is 0 Å². The number of rotatable bonds is 2. The van der Waals surface area contributed by atoms with Gasteiger partial charge in [0.05, 0.1) is 0 Å². The molecule has 0 aromatic heterocycles. The zero-order valence-corrected chi connectivity index (χ0v) is 10.2. The molecule has 1 saturated heterocycles. The summed E-state index contributed by atoms with van der Waals surface area (Å²) >= 11 is 0. The zero-order valence-electron chi connectivity index (χ0n) is 10.2. The van der Waals surface area contributed by atoms with E-state index in [0.717, 1.165) is 19.6 Å². The second kappa shape index (κ2) is 5.64. The fraction of sp³-hybridized carbons (Fsp3) is 0.917. The lowest BCUT2D eigenvalue weighted by molar-refractivity contribution is -0.120. The van der Waals surface area contributed by atoms with Gasteiger partial charge >= 0.3 is 0 Å². The Bertz CT molecular complexity index is 236. The summed E-state index contributed by atoms with van der Waals surface area (Å²) in [4.78, 5) is 13.8. The molecule has 4 nitrogen and oxygen atoms in total. The van der Waals surface area contributed by atoms with Crippen LogP contribution in [-0.4, -0.2) is 49.6 Å². The summed E-state index contributed by atoms with van der Waals surface area (Å²) in [6, 6.07) is 1.42. The van der Waals surface area contributed by atoms with E-state index in [4.69, 9.17) is 0 Å². The van der Waals surface area contributed by atoms with E-state index >= 15 is 0 Å². The van der Waals surface area contributed by atoms with Crippen LogP contribution in [0.2, 0.25) is 0 Å². The topological polar surface area (TPSA) is 44.4 Å². The van der Waals surface area contributed by atoms with Crippen molar-refractivity contribution < 1.29 is 4.79 Å². The Balaban J connectivity index is 1.81. The van der Waals surface area contributed by atoms with Gasteiger partial charge < -0.3 is 10.6 Å². The number of nitrogens with zero attached hydrogens (tertiary/aromatic N) is 1. The number of carbonyl (C=O) groups is 1. The van der Waals surface area contributed by atoms with Crippen LogP contribution in [0.4, 0.5) is 0 Å². The molecule has 2 aliphatic rings. The van der Waals surface area contributed by atoms with Crippen LogP contribution in [0.3, 0.4) is 0 Å². The van der Waals surface area contributed by atoms with E-state index in [-0.39, 0.29) is 5.91 Å². The molecule has 0 aromatic carbocycles. The maximum Gasteiger partial charge on any atom is 0.221 e. The third kappa shape index (κ3) is 2.95. The molecule has 2 fully saturated rings. The van der Waals surface area contributed by atoms with Crippen molar-refractivity contribution >= 4 is 5.91 Å². The molecule has 0 spiro atoms. The Morgan fingerprint density at radius 1 is 1.25 bits per heavy atom. The van der Waals surface area contributed by atoms with Crippen molar-refractivity contribution in [2.45, 2.75) is 44.2 Å². The molecule has 2 N–H and O–H groups in total. The van der Waals surface area contributed by atoms with Gasteiger partial charge in [-0.2, -0.15) is 0 Å². The van der Waals surface area contributed by atoms with Gasteiger partial charge in [-0.3, -0.25) is 9.69 Å². The zero-order chi connectivity index (χ0) is 11.4. The third-order valence-corrected chi connectivity index (χ3v) is 3.97. The van der Waals surface area contributed by atoms with Gasteiger partial charge in [-0.05, 0) is 32.7 Å². The van der Waals surface area contributed by atoms with Gasteiger partial charge in [0.1, 0.15) is 0 Å². The highest BCUT2D eigenvalue weighted by Gasteiger charge is 2.26. The lowest BCUT2D eigenvalue weighted by atomic mass is 9.90. The molecule has 0 radical (unpaired) electrons. The SMILES string of the molecule is CNC1CCC(N2CCNC(=O)CC2)CC1. The second-order valence-corrected chi connectivity index (χ2v) is 4.93. The molecular weight excluding hydrogens is 202 g/mol. The van der Waals surface area contributed by atoms with E-state index < -0.39 is 0 Å². The standard InChI is InChI=1S/C12H23N3O/c1-13-10-2-4-11(5-3-10)15-8-6-12(16)14-7-9-15/h10-11,13H,2-9H2,1H3,(H,14,16). The maximum atomic E-state index is 11.3. The maximum absolute atomic E-state index is 11.3. The van der Waals surface area contributed by atoms with Gasteiger partial charge in [0.15, 0.2) is 0 Å². The van der Waals surface area contributed by atoms with E-state index in [2.05, 4.69) is 22.6 Å². The van der Waals surface area contributed by atoms with Gasteiger partial charge in [-0.25, -0.2) is 0 Å². The summed E-state index contributed by atoms with van der Waals surface area (Å²) in [6.07, 6.45) is 5.78. The van der Waals surface area contributed by atoms with Crippen molar-refractivity contribution in [3.05, 3.63) is 0 Å². The van der Waals surface area contributed by atoms with Gasteiger partial charge in [-0.1, -0.05) is 0 Å². The first kappa shape index (κ1) is 11.9. The molecule has 16 heavy (non-hydrogen) atoms. The summed E-state index contributed by atoms with van der Waals surface area (Å²) in [5.41, 5.74) is 0. The highest BCUT2D eigenvalue weighted by atomic mass is 16.1. The van der Waals surface area contributed by atoms with Crippen LogP contribution >= 0.6 is 0 Å². The number of hydrogen-bond donors (Lipinski definition) is 2. The van der Waals surface area contributed by atoms with E-state index in [1.165, 1.54) is 25.7 Å². The average Bonchev–Trinajstić information content (AvgIpc) is 2.54. The minimum Gasteiger partial charge on any atom is -0.355 e. The van der Waals surface area contributed by atoms with Crippen LogP contribution in [0, 0.1) is 0 Å². The van der Waals surface area contributed by atoms with E-state index in [1.807, 2.05) is 0 Å². The Morgan fingerprint density at radius 2 is 2.00 bits per heavy atom. The number of amides is 1. The molecule has 0 bridgehead atoms. The Labute approximate surface area is 97.8 Å². The van der Waals surface area contributed by atoms with Gasteiger partial charge in [0, 0.05) is 38.1 Å². The Morgan fingerprint density at radius 3 is 2.69 bits per heavy atom. The average molecular weight is 225 g/mol. The molecule has 1 amide bonds. The minimum absolute atomic E-state index is 0.214. The second-order valence-electron chi connectivity index (χ2n) is 4.93. The normalized spacial score (nSPS) is 33.2. The minimum atomic E-state index is 0.214. The van der Waals surface area contributed by atoms with Crippen LogP contribution in [0.1, 0.15) is 32.1 Å². The first-order valence-electron chi connectivity index (χ1n) is 6.47. The molecule has 1 aliphatic carbocycles. The highest BCUT2D eigenvalue weighted by Crippen LogP contribution is 2.23. The fourth-order valence-corrected chi connectivity index (χ4v) is 2.88. The lowest BCUT2D eigenvalue weighted by Gasteiger charge is -2.36. The predicted octanol–water partition coefficient (Wildman–Crippen LogP) is 0.339. The lowest BCUT2D eigenvalue weighted by Crippen LogP contribution is -2.43. The quantitative estimate of drug-likeness (QED) is 0.712. The van der Waals surface area contributed by atoms with Crippen molar-refractivity contribution in [1.82, 2.24) is 15.5 Å². The Hall–Kier alpha value is -0.610. The van der Waals surface area contributed by atoms with E-state index in [9.17, 15) is 4.79 Å². The number of hydrogen-bond acceptors (Lipinski definition) is 3. The summed E-state index contributed by atoms with van der Waals surface area (Å²) in [6.45, 7) is 2.80. The summed E-state index contributed by atoms with van der Waals surface area (Å²) < 4.78 is 0. The van der Waals surface area contributed by atoms with Crippen molar-refractivity contribution in [2.75, 3.05) is 26.7 Å². The third-order valence-electron chi connectivity index (χ3n) is 3.97. The number of nitrogens with one attached hydrogen (secondary N) is 2. The van der Waals surface area contributed by atoms with Crippen LogP contribution in [-0.2, 0) is 4.79 Å². The van der Waals surface area contributed by atoms with Crippen LogP contribution < -0.4 is 10.6 Å². The highest BCUT2D eigenvalue weighted by molar-refractivity contribution is 5.76. The first-order chi connectivity index (χ1) is 7.79. The monoisotopic (exact) mass is 225 g/mol. The molecule has 0 atom stereocenters. The Kier molecular flexibility index (Phi) is 4.18. The molecule has 4 heteroatoms. The van der Waals surface area contributed by atoms with Crippen molar-refractivity contribution in [3.63, 3.8) is 0 Å². The molecule has 1 heterocycles. The van der Waals surface area contributed by atoms with Crippen LogP contribution in [0.15, 0.2) is 0 Å². The molecule has 92 valence electrons. The molecule has 2 rings (SSSR count). The summed E-state index contributed by atoms with van der Waals surface area (Å²) in [7, 11) is 2.06. The van der Waals surface area contributed by atoms with E-state index in [1.54, 1.807) is 0 Å². The van der Waals surface area contributed by atoms with E-state index in [0.29, 0.717) is 18.5 Å². The molecular formula is C12H23N3O. The fourth-order valence-electron chi connectivity index (χ4n) is 2.88. The first-order valence-corrected chi connectivity index (χ1v) is 6.47. The van der Waals surface area contributed by atoms with Gasteiger partial charge in [-0.15, -0.1) is 0 Å². The molecule has 1 saturated carbocycles. The van der Waals surface area contributed by atoms with Crippen molar-refractivity contribution in [2.24, 2.45) is 0 Å². The molecule has 0 unspecified atom stereocenters. The van der Waals surface area contributed by atoms with Gasteiger partial charge in [0.2, 0.25) is 5.91 Å². The smallest absolute Gasteiger partial charge is 0.221 e. The molecule has 0 aromatic rings. The van der Waals surface area contributed by atoms with Crippen LogP contribution in [0.25, 0.3) is 0 Å². The largest absolute Gasteiger partial charge is 0.355 e. The van der Waals surface area contributed by atoms with Gasteiger partial charge in [0.25, 0.3) is 0 Å². The summed E-state index contributed by atoms with van der Waals surface area (Å²) in [5, 5.41) is 6.30. The summed E-state index contributed by atoms with van der Waals surface area (Å²) in [5.74, 6) is 0.214. The van der Waals surface area contributed by atoms with Crippen LogP contribution in [0.5, 0.6) is 0 Å². The van der Waals surface area contributed by atoms with Crippen molar-refractivity contribution in [3.8, 4) is 0 Å². The number of carbonyl (C=O) groups excluding carboxylic acids is 1. The molecule has 1 aliphatic heterocycles.